The van der Waals surface area contributed by atoms with Gasteiger partial charge in [-0.1, -0.05) is 33.1 Å². The molecule has 1 N–H and O–H groups in total. The van der Waals surface area contributed by atoms with E-state index in [1.54, 1.807) is 0 Å². The molecule has 3 nitrogen and oxygen atoms in total. The van der Waals surface area contributed by atoms with Crippen molar-refractivity contribution in [3.05, 3.63) is 18.3 Å². The molecular weight excluding hydrogens is 236 g/mol. The van der Waals surface area contributed by atoms with Gasteiger partial charge in [0.25, 0.3) is 0 Å². The molecule has 0 fully saturated rings. The maximum absolute atomic E-state index is 5.80. The van der Waals surface area contributed by atoms with Crippen molar-refractivity contribution >= 4 is 5.82 Å². The molecule has 19 heavy (non-hydrogen) atoms. The molecule has 0 radical (unpaired) electrons. The Balaban J connectivity index is 2.71. The lowest BCUT2D eigenvalue weighted by Crippen LogP contribution is -2.21. The van der Waals surface area contributed by atoms with Gasteiger partial charge in [-0.3, -0.25) is 0 Å². The molecule has 108 valence electrons. The van der Waals surface area contributed by atoms with E-state index in [1.165, 1.54) is 32.1 Å². The van der Waals surface area contributed by atoms with Crippen LogP contribution in [0.25, 0.3) is 0 Å². The normalized spacial score (nSPS) is 12.5. The van der Waals surface area contributed by atoms with Gasteiger partial charge in [-0.15, -0.1) is 0 Å². The van der Waals surface area contributed by atoms with Crippen molar-refractivity contribution < 1.29 is 4.74 Å². The van der Waals surface area contributed by atoms with Gasteiger partial charge < -0.3 is 10.1 Å². The van der Waals surface area contributed by atoms with Crippen LogP contribution >= 0.6 is 0 Å². The zero-order valence-corrected chi connectivity index (χ0v) is 12.8. The van der Waals surface area contributed by atoms with Crippen LogP contribution in [0.4, 0.5) is 5.82 Å². The third kappa shape index (κ3) is 5.95. The van der Waals surface area contributed by atoms with Crippen molar-refractivity contribution in [1.82, 2.24) is 4.98 Å². The number of anilines is 1. The summed E-state index contributed by atoms with van der Waals surface area (Å²) in [6.45, 7) is 8.54. The van der Waals surface area contributed by atoms with E-state index in [9.17, 15) is 0 Å². The minimum atomic E-state index is 0.171. The zero-order valence-electron chi connectivity index (χ0n) is 12.8. The molecule has 0 bridgehead atoms. The van der Waals surface area contributed by atoms with Gasteiger partial charge in [0.2, 0.25) is 0 Å². The average Bonchev–Trinajstić information content (AvgIpc) is 2.38. The van der Waals surface area contributed by atoms with Crippen molar-refractivity contribution in [2.45, 2.75) is 71.9 Å². The van der Waals surface area contributed by atoms with E-state index in [1.807, 2.05) is 32.2 Å². The molecule has 1 heterocycles. The first-order valence-corrected chi connectivity index (χ1v) is 7.55. The molecule has 1 atom stereocenters. The van der Waals surface area contributed by atoms with E-state index >= 15 is 0 Å². The van der Waals surface area contributed by atoms with Crippen LogP contribution in [0.3, 0.4) is 0 Å². The lowest BCUT2D eigenvalue weighted by molar-refractivity contribution is 0.242. The van der Waals surface area contributed by atoms with Crippen LogP contribution in [0.2, 0.25) is 0 Å². The highest BCUT2D eigenvalue weighted by molar-refractivity contribution is 5.50. The van der Waals surface area contributed by atoms with Crippen molar-refractivity contribution in [3.63, 3.8) is 0 Å². The summed E-state index contributed by atoms with van der Waals surface area (Å²) in [4.78, 5) is 4.43. The lowest BCUT2D eigenvalue weighted by Gasteiger charge is -2.21. The highest BCUT2D eigenvalue weighted by Gasteiger charge is 2.12. The first-order chi connectivity index (χ1) is 9.17. The van der Waals surface area contributed by atoms with E-state index in [-0.39, 0.29) is 6.10 Å². The van der Waals surface area contributed by atoms with Gasteiger partial charge >= 0.3 is 0 Å². The van der Waals surface area contributed by atoms with Gasteiger partial charge in [0.1, 0.15) is 0 Å². The van der Waals surface area contributed by atoms with Crippen molar-refractivity contribution in [2.24, 2.45) is 0 Å². The third-order valence-electron chi connectivity index (χ3n) is 3.02. The zero-order chi connectivity index (χ0) is 14.1. The Bertz CT molecular complexity index is 352. The summed E-state index contributed by atoms with van der Waals surface area (Å²) < 4.78 is 5.80. The van der Waals surface area contributed by atoms with Gasteiger partial charge in [-0.2, -0.15) is 0 Å². The number of nitrogens with one attached hydrogen (secondary N) is 1. The fourth-order valence-electron chi connectivity index (χ4n) is 2.13. The Kier molecular flexibility index (Phi) is 7.31. The second-order valence-electron chi connectivity index (χ2n) is 5.29. The Hall–Kier alpha value is -1.25. The van der Waals surface area contributed by atoms with E-state index < -0.39 is 0 Å². The van der Waals surface area contributed by atoms with Crippen LogP contribution in [0.1, 0.15) is 59.8 Å². The Morgan fingerprint density at radius 3 is 2.63 bits per heavy atom. The Morgan fingerprint density at radius 1 is 1.21 bits per heavy atom. The number of nitrogens with zero attached hydrogens (tertiary/aromatic N) is 1. The summed E-state index contributed by atoms with van der Waals surface area (Å²) in [6.07, 6.45) is 8.04. The molecular formula is C16H28N2O. The number of unbranched alkanes of at least 4 members (excludes halogenated alkanes) is 1. The fourth-order valence-corrected chi connectivity index (χ4v) is 2.13. The monoisotopic (exact) mass is 264 g/mol. The van der Waals surface area contributed by atoms with Gasteiger partial charge in [0.15, 0.2) is 11.6 Å². The van der Waals surface area contributed by atoms with Crippen molar-refractivity contribution in [2.75, 3.05) is 5.32 Å². The van der Waals surface area contributed by atoms with Crippen LogP contribution in [0.5, 0.6) is 5.75 Å². The number of hydrogen-bond donors (Lipinski definition) is 1. The molecule has 1 rings (SSSR count). The smallest absolute Gasteiger partial charge is 0.168 e. The quantitative estimate of drug-likeness (QED) is 0.705. The summed E-state index contributed by atoms with van der Waals surface area (Å²) in [5.41, 5.74) is 0. The van der Waals surface area contributed by atoms with Crippen LogP contribution in [0.15, 0.2) is 18.3 Å². The highest BCUT2D eigenvalue weighted by atomic mass is 16.5. The topological polar surface area (TPSA) is 34.2 Å². The molecule has 1 aromatic heterocycles. The Morgan fingerprint density at radius 2 is 2.00 bits per heavy atom. The van der Waals surface area contributed by atoms with Crippen LogP contribution in [-0.4, -0.2) is 17.1 Å². The molecule has 0 saturated carbocycles. The molecule has 0 aliphatic rings. The molecule has 0 aliphatic heterocycles. The van der Waals surface area contributed by atoms with E-state index in [0.717, 1.165) is 11.6 Å². The second-order valence-corrected chi connectivity index (χ2v) is 5.29. The van der Waals surface area contributed by atoms with Crippen molar-refractivity contribution in [3.8, 4) is 5.75 Å². The van der Waals surface area contributed by atoms with Crippen LogP contribution in [-0.2, 0) is 0 Å². The minimum absolute atomic E-state index is 0.171. The predicted molar refractivity (Wildman–Crippen MR) is 81.8 cm³/mol. The standard InChI is InChI=1S/C16H28N2O/c1-5-7-10-14(9-6-2)18-16-15(19-13(3)4)11-8-12-17-16/h8,11-14H,5-7,9-10H2,1-4H3,(H,17,18). The number of aromatic nitrogens is 1. The minimum Gasteiger partial charge on any atom is -0.487 e. The van der Waals surface area contributed by atoms with Gasteiger partial charge in [-0.05, 0) is 38.8 Å². The average molecular weight is 264 g/mol. The molecule has 0 saturated heterocycles. The molecule has 3 heteroatoms. The summed E-state index contributed by atoms with van der Waals surface area (Å²) in [6, 6.07) is 4.40. The largest absolute Gasteiger partial charge is 0.487 e. The van der Waals surface area contributed by atoms with Crippen LogP contribution < -0.4 is 10.1 Å². The van der Waals surface area contributed by atoms with Gasteiger partial charge in [0, 0.05) is 12.2 Å². The number of pyridine rings is 1. The molecule has 0 aliphatic carbocycles. The molecule has 0 spiro atoms. The number of hydrogen-bond acceptors (Lipinski definition) is 3. The fraction of sp³-hybridized carbons (Fsp3) is 0.688. The summed E-state index contributed by atoms with van der Waals surface area (Å²) in [7, 11) is 0. The first-order valence-electron chi connectivity index (χ1n) is 7.55. The molecule has 0 aromatic carbocycles. The summed E-state index contributed by atoms with van der Waals surface area (Å²) in [5.74, 6) is 1.74. The van der Waals surface area contributed by atoms with E-state index in [4.69, 9.17) is 4.74 Å². The number of rotatable bonds is 9. The van der Waals surface area contributed by atoms with Gasteiger partial charge in [0.05, 0.1) is 6.10 Å². The Labute approximate surface area is 117 Å². The van der Waals surface area contributed by atoms with Crippen molar-refractivity contribution in [1.29, 1.82) is 0 Å². The summed E-state index contributed by atoms with van der Waals surface area (Å²) in [5, 5.41) is 3.55. The SMILES string of the molecule is CCCCC(CCC)Nc1ncccc1OC(C)C. The third-order valence-corrected chi connectivity index (χ3v) is 3.02. The van der Waals surface area contributed by atoms with Gasteiger partial charge in [-0.25, -0.2) is 4.98 Å². The molecule has 1 aromatic rings. The molecule has 1 unspecified atom stereocenters. The van der Waals surface area contributed by atoms with E-state index in [0.29, 0.717) is 6.04 Å². The number of ether oxygens (including phenoxy) is 1. The van der Waals surface area contributed by atoms with Crippen LogP contribution in [0, 0.1) is 0 Å². The summed E-state index contributed by atoms with van der Waals surface area (Å²) >= 11 is 0. The van der Waals surface area contributed by atoms with E-state index in [2.05, 4.69) is 24.1 Å². The molecule has 0 amide bonds. The highest BCUT2D eigenvalue weighted by Crippen LogP contribution is 2.24. The maximum atomic E-state index is 5.80. The predicted octanol–water partition coefficient (Wildman–Crippen LogP) is 4.64. The second kappa shape index (κ2) is 8.78. The maximum Gasteiger partial charge on any atom is 0.168 e. The lowest BCUT2D eigenvalue weighted by atomic mass is 10.1. The first kappa shape index (κ1) is 15.8.